The third-order valence-electron chi connectivity index (χ3n) is 2.75. The first-order valence-electron chi connectivity index (χ1n) is 5.20. The van der Waals surface area contributed by atoms with Crippen LogP contribution < -0.4 is 0 Å². The van der Waals surface area contributed by atoms with E-state index in [1.165, 1.54) is 23.3 Å². The van der Waals surface area contributed by atoms with E-state index in [1.807, 2.05) is 0 Å². The van der Waals surface area contributed by atoms with Crippen molar-refractivity contribution in [3.63, 3.8) is 0 Å². The Morgan fingerprint density at radius 2 is 2.00 bits per heavy atom. The first kappa shape index (κ1) is 12.0. The zero-order chi connectivity index (χ0) is 10.7. The monoisotopic (exact) mass is 348 g/mol. The molecule has 0 aromatic heterocycles. The van der Waals surface area contributed by atoms with Gasteiger partial charge in [0.05, 0.1) is 0 Å². The molecule has 0 aliphatic carbocycles. The molecule has 0 amide bonds. The van der Waals surface area contributed by atoms with Crippen molar-refractivity contribution in [1.82, 2.24) is 0 Å². The van der Waals surface area contributed by atoms with Crippen LogP contribution >= 0.6 is 43.6 Å². The lowest BCUT2D eigenvalue weighted by Crippen LogP contribution is -2.12. The Bertz CT molecular complexity index is 298. The van der Waals surface area contributed by atoms with Crippen molar-refractivity contribution in [1.29, 1.82) is 0 Å². The molecule has 1 aromatic rings. The van der Waals surface area contributed by atoms with Gasteiger partial charge in [0, 0.05) is 20.8 Å². The molecule has 0 saturated carbocycles. The van der Waals surface area contributed by atoms with E-state index in [0.29, 0.717) is 0 Å². The van der Waals surface area contributed by atoms with Gasteiger partial charge < -0.3 is 0 Å². The van der Waals surface area contributed by atoms with Gasteiger partial charge in [0.25, 0.3) is 0 Å². The number of hydrogen-bond donors (Lipinski definition) is 0. The minimum atomic E-state index is 0.761. The molecule has 82 valence electrons. The molecule has 0 saturated heterocycles. The van der Waals surface area contributed by atoms with E-state index in [1.54, 1.807) is 0 Å². The molecule has 3 heteroatoms. The normalized spacial score (nSPS) is 19.5. The summed E-state index contributed by atoms with van der Waals surface area (Å²) in [4.78, 5) is 1.49. The van der Waals surface area contributed by atoms with Gasteiger partial charge in [-0.1, -0.05) is 50.1 Å². The average molecular weight is 350 g/mol. The van der Waals surface area contributed by atoms with Gasteiger partial charge in [0.1, 0.15) is 0 Å². The van der Waals surface area contributed by atoms with Crippen molar-refractivity contribution in [2.24, 2.45) is 5.92 Å². The fourth-order valence-corrected chi connectivity index (χ4v) is 4.98. The van der Waals surface area contributed by atoms with Crippen molar-refractivity contribution in [2.75, 3.05) is 10.7 Å². The van der Waals surface area contributed by atoms with Crippen LogP contribution in [0, 0.1) is 5.92 Å². The number of alkyl halides is 2. The SMILES string of the molecule is BrCC(CBr)CC1Cc2ccccc2S1. The second-order valence-corrected chi connectivity index (χ2v) is 6.60. The molecule has 0 radical (unpaired) electrons. The molecule has 0 bridgehead atoms. The summed E-state index contributed by atoms with van der Waals surface area (Å²) in [5.41, 5.74) is 1.54. The molecule has 1 aliphatic heterocycles. The summed E-state index contributed by atoms with van der Waals surface area (Å²) in [6.45, 7) is 0. The van der Waals surface area contributed by atoms with Crippen molar-refractivity contribution < 1.29 is 0 Å². The Morgan fingerprint density at radius 3 is 2.67 bits per heavy atom. The van der Waals surface area contributed by atoms with E-state index in [4.69, 9.17) is 0 Å². The van der Waals surface area contributed by atoms with Crippen LogP contribution in [-0.2, 0) is 6.42 Å². The zero-order valence-corrected chi connectivity index (χ0v) is 12.4. The molecule has 0 N–H and O–H groups in total. The lowest BCUT2D eigenvalue weighted by Gasteiger charge is -2.14. The number of halogens is 2. The first-order valence-corrected chi connectivity index (χ1v) is 8.32. The summed E-state index contributed by atoms with van der Waals surface area (Å²) in [6, 6.07) is 8.80. The van der Waals surface area contributed by atoms with Gasteiger partial charge in [-0.25, -0.2) is 0 Å². The summed E-state index contributed by atoms with van der Waals surface area (Å²) < 4.78 is 0. The molecule has 1 heterocycles. The van der Waals surface area contributed by atoms with Crippen LogP contribution in [0.25, 0.3) is 0 Å². The smallest absolute Gasteiger partial charge is 0.0138 e. The highest BCUT2D eigenvalue weighted by atomic mass is 79.9. The van der Waals surface area contributed by atoms with E-state index < -0.39 is 0 Å². The maximum atomic E-state index is 3.58. The molecule has 1 atom stereocenters. The lowest BCUT2D eigenvalue weighted by molar-refractivity contribution is 0.593. The van der Waals surface area contributed by atoms with Crippen LogP contribution in [0.15, 0.2) is 29.2 Å². The van der Waals surface area contributed by atoms with E-state index in [-0.39, 0.29) is 0 Å². The topological polar surface area (TPSA) is 0 Å². The predicted octanol–water partition coefficient (Wildman–Crippen LogP) is 4.50. The standard InChI is InChI=1S/C12H14Br2S/c13-7-9(8-14)5-11-6-10-3-1-2-4-12(10)15-11/h1-4,9,11H,5-8H2. The highest BCUT2D eigenvalue weighted by molar-refractivity contribution is 9.09. The Morgan fingerprint density at radius 1 is 1.27 bits per heavy atom. The van der Waals surface area contributed by atoms with E-state index in [0.717, 1.165) is 21.8 Å². The Labute approximate surface area is 112 Å². The summed E-state index contributed by atoms with van der Waals surface area (Å²) in [6.07, 6.45) is 2.55. The van der Waals surface area contributed by atoms with E-state index in [2.05, 4.69) is 67.9 Å². The highest BCUT2D eigenvalue weighted by Crippen LogP contribution is 2.39. The van der Waals surface area contributed by atoms with Crippen LogP contribution in [0.4, 0.5) is 0 Å². The Hall–Kier alpha value is 0.530. The molecular weight excluding hydrogens is 336 g/mol. The predicted molar refractivity (Wildman–Crippen MR) is 75.5 cm³/mol. The van der Waals surface area contributed by atoms with Crippen LogP contribution in [0.5, 0.6) is 0 Å². The molecule has 0 fully saturated rings. The second-order valence-electron chi connectivity index (χ2n) is 3.96. The van der Waals surface area contributed by atoms with Crippen molar-refractivity contribution in [3.8, 4) is 0 Å². The van der Waals surface area contributed by atoms with E-state index in [9.17, 15) is 0 Å². The summed E-state index contributed by atoms with van der Waals surface area (Å²) in [5.74, 6) is 0.761. The second kappa shape index (κ2) is 5.74. The summed E-state index contributed by atoms with van der Waals surface area (Å²) in [7, 11) is 0. The third kappa shape index (κ3) is 3.01. The molecule has 1 aliphatic rings. The number of rotatable bonds is 4. The molecule has 0 nitrogen and oxygen atoms in total. The number of fused-ring (bicyclic) bond motifs is 1. The van der Waals surface area contributed by atoms with Crippen LogP contribution in [0.1, 0.15) is 12.0 Å². The number of benzene rings is 1. The highest BCUT2D eigenvalue weighted by Gasteiger charge is 2.23. The first-order chi connectivity index (χ1) is 7.33. The molecular formula is C12H14Br2S. The average Bonchev–Trinajstić information content (AvgIpc) is 2.68. The van der Waals surface area contributed by atoms with Gasteiger partial charge in [-0.15, -0.1) is 11.8 Å². The van der Waals surface area contributed by atoms with Crippen molar-refractivity contribution in [2.45, 2.75) is 23.0 Å². The van der Waals surface area contributed by atoms with Gasteiger partial charge in [-0.05, 0) is 30.4 Å². The van der Waals surface area contributed by atoms with Gasteiger partial charge in [-0.3, -0.25) is 0 Å². The molecule has 2 rings (SSSR count). The van der Waals surface area contributed by atoms with Crippen molar-refractivity contribution in [3.05, 3.63) is 29.8 Å². The van der Waals surface area contributed by atoms with Gasteiger partial charge in [0.2, 0.25) is 0 Å². The van der Waals surface area contributed by atoms with Crippen LogP contribution in [-0.4, -0.2) is 15.9 Å². The fraction of sp³-hybridized carbons (Fsp3) is 0.500. The maximum absolute atomic E-state index is 3.58. The number of thioether (sulfide) groups is 1. The molecule has 15 heavy (non-hydrogen) atoms. The fourth-order valence-electron chi connectivity index (χ4n) is 1.92. The van der Waals surface area contributed by atoms with Crippen LogP contribution in [0.2, 0.25) is 0 Å². The Balaban J connectivity index is 1.95. The van der Waals surface area contributed by atoms with Gasteiger partial charge in [-0.2, -0.15) is 0 Å². The van der Waals surface area contributed by atoms with Gasteiger partial charge >= 0.3 is 0 Å². The maximum Gasteiger partial charge on any atom is 0.0138 e. The summed E-state index contributed by atoms with van der Waals surface area (Å²) in [5, 5.41) is 2.99. The zero-order valence-electron chi connectivity index (χ0n) is 8.46. The lowest BCUT2D eigenvalue weighted by atomic mass is 10.0. The molecule has 1 unspecified atom stereocenters. The largest absolute Gasteiger partial charge is 0.122 e. The van der Waals surface area contributed by atoms with Crippen LogP contribution in [0.3, 0.4) is 0 Å². The van der Waals surface area contributed by atoms with E-state index >= 15 is 0 Å². The summed E-state index contributed by atoms with van der Waals surface area (Å²) >= 11 is 9.21. The molecule has 0 spiro atoms. The third-order valence-corrected chi connectivity index (χ3v) is 5.92. The number of hydrogen-bond acceptors (Lipinski definition) is 1. The minimum Gasteiger partial charge on any atom is -0.122 e. The quantitative estimate of drug-likeness (QED) is 0.721. The van der Waals surface area contributed by atoms with Crippen molar-refractivity contribution >= 4 is 43.6 Å². The Kier molecular flexibility index (Phi) is 4.59. The molecule has 1 aromatic carbocycles. The minimum absolute atomic E-state index is 0.761. The van der Waals surface area contributed by atoms with Gasteiger partial charge in [0.15, 0.2) is 0 Å².